The van der Waals surface area contributed by atoms with Gasteiger partial charge in [0, 0.05) is 11.1 Å². The van der Waals surface area contributed by atoms with Crippen LogP contribution >= 0.6 is 0 Å². The third-order valence-electron chi connectivity index (χ3n) is 2.05. The summed E-state index contributed by atoms with van der Waals surface area (Å²) in [5.74, 6) is 0.356. The number of hydrogen-bond donors (Lipinski definition) is 1. The van der Waals surface area contributed by atoms with E-state index in [1.165, 1.54) is 0 Å². The highest BCUT2D eigenvalue weighted by molar-refractivity contribution is 5.95. The van der Waals surface area contributed by atoms with E-state index in [1.54, 1.807) is 12.1 Å². The van der Waals surface area contributed by atoms with Gasteiger partial charge in [0.1, 0.15) is 5.75 Å². The average molecular weight is 193 g/mol. The smallest absolute Gasteiger partial charge is 0.249 e. The molecule has 0 aliphatic heterocycles. The number of rotatable bonds is 4. The molecular formula is C11H15NO2. The first-order valence-corrected chi connectivity index (χ1v) is 4.75. The number of hydrogen-bond acceptors (Lipinski definition) is 2. The van der Waals surface area contributed by atoms with E-state index >= 15 is 0 Å². The third-order valence-corrected chi connectivity index (χ3v) is 2.05. The molecule has 0 saturated carbocycles. The highest BCUT2D eigenvalue weighted by Gasteiger charge is 2.10. The molecule has 0 fully saturated rings. The van der Waals surface area contributed by atoms with Crippen LogP contribution in [0.3, 0.4) is 0 Å². The molecule has 0 aromatic heterocycles. The van der Waals surface area contributed by atoms with Crippen molar-refractivity contribution in [2.45, 2.75) is 20.3 Å². The molecule has 0 aliphatic carbocycles. The second-order valence-corrected chi connectivity index (χ2v) is 2.93. The lowest BCUT2D eigenvalue weighted by Crippen LogP contribution is -2.14. The lowest BCUT2D eigenvalue weighted by molar-refractivity contribution is 0.0999. The predicted molar refractivity (Wildman–Crippen MR) is 55.5 cm³/mol. The van der Waals surface area contributed by atoms with Crippen molar-refractivity contribution in [2.75, 3.05) is 6.61 Å². The topological polar surface area (TPSA) is 52.3 Å². The first kappa shape index (κ1) is 10.6. The van der Waals surface area contributed by atoms with Gasteiger partial charge in [0.15, 0.2) is 0 Å². The fourth-order valence-electron chi connectivity index (χ4n) is 1.45. The van der Waals surface area contributed by atoms with Crippen molar-refractivity contribution in [3.63, 3.8) is 0 Å². The van der Waals surface area contributed by atoms with E-state index in [4.69, 9.17) is 10.5 Å². The van der Waals surface area contributed by atoms with Gasteiger partial charge >= 0.3 is 0 Å². The van der Waals surface area contributed by atoms with Crippen molar-refractivity contribution in [3.8, 4) is 5.75 Å². The van der Waals surface area contributed by atoms with Gasteiger partial charge in [0.05, 0.1) is 6.61 Å². The molecule has 3 heteroatoms. The van der Waals surface area contributed by atoms with Crippen LogP contribution in [0.2, 0.25) is 0 Å². The Morgan fingerprint density at radius 3 is 2.64 bits per heavy atom. The van der Waals surface area contributed by atoms with Crippen LogP contribution in [0.5, 0.6) is 5.75 Å². The van der Waals surface area contributed by atoms with Crippen LogP contribution in [-0.4, -0.2) is 12.5 Å². The molecule has 0 unspecified atom stereocenters. The first-order chi connectivity index (χ1) is 6.70. The molecule has 0 spiro atoms. The molecule has 0 atom stereocenters. The van der Waals surface area contributed by atoms with Gasteiger partial charge in [0.25, 0.3) is 0 Å². The minimum absolute atomic E-state index is 0.400. The van der Waals surface area contributed by atoms with Crippen molar-refractivity contribution in [3.05, 3.63) is 29.3 Å². The molecule has 1 aromatic rings. The molecule has 3 nitrogen and oxygen atoms in total. The molecule has 0 bridgehead atoms. The Kier molecular flexibility index (Phi) is 3.51. The second kappa shape index (κ2) is 4.65. The Morgan fingerprint density at radius 2 is 2.14 bits per heavy atom. The fraction of sp³-hybridized carbons (Fsp3) is 0.364. The Bertz CT molecular complexity index is 334. The van der Waals surface area contributed by atoms with Crippen molar-refractivity contribution in [1.82, 2.24) is 0 Å². The van der Waals surface area contributed by atoms with Gasteiger partial charge < -0.3 is 10.5 Å². The molecule has 1 aromatic carbocycles. The quantitative estimate of drug-likeness (QED) is 0.792. The van der Waals surface area contributed by atoms with E-state index in [0.29, 0.717) is 12.2 Å². The molecule has 14 heavy (non-hydrogen) atoms. The first-order valence-electron chi connectivity index (χ1n) is 4.75. The lowest BCUT2D eigenvalue weighted by Gasteiger charge is -2.11. The Labute approximate surface area is 83.9 Å². The number of carbonyl (C=O) groups excluding carboxylic acids is 1. The summed E-state index contributed by atoms with van der Waals surface area (Å²) in [5, 5.41) is 0. The lowest BCUT2D eigenvalue weighted by atomic mass is 10.0. The monoisotopic (exact) mass is 193 g/mol. The largest absolute Gasteiger partial charge is 0.494 e. The fourth-order valence-corrected chi connectivity index (χ4v) is 1.45. The molecule has 0 aliphatic rings. The maximum Gasteiger partial charge on any atom is 0.249 e. The molecule has 0 radical (unpaired) electrons. The van der Waals surface area contributed by atoms with Crippen molar-refractivity contribution < 1.29 is 9.53 Å². The number of carbonyl (C=O) groups is 1. The van der Waals surface area contributed by atoms with E-state index < -0.39 is 5.91 Å². The summed E-state index contributed by atoms with van der Waals surface area (Å²) in [7, 11) is 0. The average Bonchev–Trinajstić information content (AvgIpc) is 2.18. The Morgan fingerprint density at radius 1 is 1.43 bits per heavy atom. The molecule has 2 N–H and O–H groups in total. The van der Waals surface area contributed by atoms with E-state index in [-0.39, 0.29) is 0 Å². The van der Waals surface area contributed by atoms with Gasteiger partial charge in [0.2, 0.25) is 5.91 Å². The van der Waals surface area contributed by atoms with Crippen LogP contribution in [0.25, 0.3) is 0 Å². The zero-order valence-corrected chi connectivity index (χ0v) is 8.54. The number of nitrogens with two attached hydrogens (primary N) is 1. The van der Waals surface area contributed by atoms with E-state index in [1.807, 2.05) is 19.9 Å². The summed E-state index contributed by atoms with van der Waals surface area (Å²) in [6.07, 6.45) is 0.744. The maximum absolute atomic E-state index is 11.1. The third kappa shape index (κ3) is 2.05. The molecule has 76 valence electrons. The van der Waals surface area contributed by atoms with E-state index in [9.17, 15) is 4.79 Å². The van der Waals surface area contributed by atoms with Gasteiger partial charge in [-0.3, -0.25) is 4.79 Å². The van der Waals surface area contributed by atoms with Gasteiger partial charge in [-0.15, -0.1) is 0 Å². The normalized spacial score (nSPS) is 9.86. The van der Waals surface area contributed by atoms with Gasteiger partial charge in [-0.2, -0.15) is 0 Å². The summed E-state index contributed by atoms with van der Waals surface area (Å²) < 4.78 is 5.41. The van der Waals surface area contributed by atoms with Gasteiger partial charge in [-0.25, -0.2) is 0 Å². The molecular weight excluding hydrogens is 178 g/mol. The zero-order chi connectivity index (χ0) is 10.6. The van der Waals surface area contributed by atoms with Crippen molar-refractivity contribution in [2.24, 2.45) is 5.73 Å². The molecule has 1 rings (SSSR count). The minimum Gasteiger partial charge on any atom is -0.494 e. The predicted octanol–water partition coefficient (Wildman–Crippen LogP) is 1.75. The number of primary amides is 1. The minimum atomic E-state index is -0.400. The summed E-state index contributed by atoms with van der Waals surface area (Å²) in [5.41, 5.74) is 6.71. The number of ether oxygens (including phenoxy) is 1. The van der Waals surface area contributed by atoms with Gasteiger partial charge in [-0.1, -0.05) is 13.0 Å². The molecule has 0 saturated heterocycles. The molecule has 0 heterocycles. The summed E-state index contributed by atoms with van der Waals surface area (Å²) in [6, 6.07) is 5.36. The Hall–Kier alpha value is -1.51. The highest BCUT2D eigenvalue weighted by atomic mass is 16.5. The van der Waals surface area contributed by atoms with Crippen molar-refractivity contribution >= 4 is 5.91 Å². The van der Waals surface area contributed by atoms with E-state index in [0.717, 1.165) is 17.7 Å². The number of benzene rings is 1. The van der Waals surface area contributed by atoms with Crippen LogP contribution in [0.4, 0.5) is 0 Å². The number of amides is 1. The van der Waals surface area contributed by atoms with E-state index in [2.05, 4.69) is 0 Å². The second-order valence-electron chi connectivity index (χ2n) is 2.93. The van der Waals surface area contributed by atoms with Crippen LogP contribution in [0, 0.1) is 0 Å². The van der Waals surface area contributed by atoms with Crippen LogP contribution < -0.4 is 10.5 Å². The standard InChI is InChI=1S/C11H15NO2/c1-3-8-9(11(12)13)6-5-7-10(8)14-4-2/h5-7H,3-4H2,1-2H3,(H2,12,13). The van der Waals surface area contributed by atoms with Gasteiger partial charge in [-0.05, 0) is 25.5 Å². The maximum atomic E-state index is 11.1. The Balaban J connectivity index is 3.17. The van der Waals surface area contributed by atoms with Crippen LogP contribution in [-0.2, 0) is 6.42 Å². The van der Waals surface area contributed by atoms with Crippen LogP contribution in [0.1, 0.15) is 29.8 Å². The SMILES string of the molecule is CCOc1cccc(C(N)=O)c1CC. The summed E-state index contributed by atoms with van der Waals surface area (Å²) in [4.78, 5) is 11.1. The van der Waals surface area contributed by atoms with Crippen LogP contribution in [0.15, 0.2) is 18.2 Å². The summed E-state index contributed by atoms with van der Waals surface area (Å²) in [6.45, 7) is 4.48. The summed E-state index contributed by atoms with van der Waals surface area (Å²) >= 11 is 0. The highest BCUT2D eigenvalue weighted by Crippen LogP contribution is 2.22. The van der Waals surface area contributed by atoms with Crippen molar-refractivity contribution in [1.29, 1.82) is 0 Å². The zero-order valence-electron chi connectivity index (χ0n) is 8.54. The molecule has 1 amide bonds.